The zero-order valence-corrected chi connectivity index (χ0v) is 21.1. The molecule has 1 saturated heterocycles. The van der Waals surface area contributed by atoms with Gasteiger partial charge in [-0.15, -0.1) is 0 Å². The van der Waals surface area contributed by atoms with E-state index in [0.29, 0.717) is 17.5 Å². The number of hydrogen-bond acceptors (Lipinski definition) is 7. The highest BCUT2D eigenvalue weighted by Crippen LogP contribution is 2.31. The molecule has 0 unspecified atom stereocenters. The first-order valence-electron chi connectivity index (χ1n) is 13.0. The molecule has 1 aliphatic heterocycles. The minimum atomic E-state index is -2.83. The molecule has 2 atom stereocenters. The lowest BCUT2D eigenvalue weighted by molar-refractivity contribution is 0.102. The number of aliphatic hydroxyl groups is 1. The monoisotopic (exact) mass is 518 g/mol. The van der Waals surface area contributed by atoms with Crippen LogP contribution in [0, 0.1) is 0 Å². The number of anilines is 2. The second-order valence-electron chi connectivity index (χ2n) is 10.3. The Balaban J connectivity index is 0.00000336. The van der Waals surface area contributed by atoms with Crippen molar-refractivity contribution in [3.05, 3.63) is 35.9 Å². The summed E-state index contributed by atoms with van der Waals surface area (Å²) >= 11 is 0. The number of amides is 1. The summed E-state index contributed by atoms with van der Waals surface area (Å²) in [6.45, 7) is 6.03. The van der Waals surface area contributed by atoms with Gasteiger partial charge in [0.05, 0.1) is 30.1 Å². The highest BCUT2D eigenvalue weighted by molar-refractivity contribution is 6.08. The van der Waals surface area contributed by atoms with Gasteiger partial charge in [-0.25, -0.2) is 18.3 Å². The maximum Gasteiger partial charge on any atom is 0.284 e. The molecule has 0 spiro atoms. The van der Waals surface area contributed by atoms with Crippen LogP contribution in [0.3, 0.4) is 0 Å². The van der Waals surface area contributed by atoms with Gasteiger partial charge in [0.25, 0.3) is 12.3 Å². The van der Waals surface area contributed by atoms with Gasteiger partial charge >= 0.3 is 0 Å². The zero-order valence-electron chi connectivity index (χ0n) is 21.1. The van der Waals surface area contributed by atoms with E-state index in [9.17, 15) is 18.7 Å². The van der Waals surface area contributed by atoms with Gasteiger partial charge in [-0.1, -0.05) is 12.8 Å². The number of hydrogen-bond donors (Lipinski definition) is 3. The number of carbonyl (C=O) groups excluding carboxylic acids is 1. The molecule has 1 saturated carbocycles. The van der Waals surface area contributed by atoms with Crippen molar-refractivity contribution in [2.75, 3.05) is 23.7 Å². The number of aromatic nitrogens is 5. The fourth-order valence-corrected chi connectivity index (χ4v) is 5.29. The summed E-state index contributed by atoms with van der Waals surface area (Å²) < 4.78 is 30.7. The van der Waals surface area contributed by atoms with Crippen LogP contribution in [0.1, 0.15) is 82.3 Å². The van der Waals surface area contributed by atoms with Crippen LogP contribution in [-0.2, 0) is 0 Å². The number of aliphatic hydroxyl groups excluding tert-OH is 1. The van der Waals surface area contributed by atoms with Crippen molar-refractivity contribution in [1.29, 1.82) is 0 Å². The van der Waals surface area contributed by atoms with Crippen LogP contribution in [0.4, 0.5) is 20.3 Å². The van der Waals surface area contributed by atoms with Gasteiger partial charge in [0, 0.05) is 33.0 Å². The van der Waals surface area contributed by atoms with Gasteiger partial charge in [0.15, 0.2) is 11.3 Å². The molecule has 0 radical (unpaired) electrons. The number of alkyl halides is 2. The molecule has 4 heterocycles. The van der Waals surface area contributed by atoms with Crippen LogP contribution < -0.4 is 10.6 Å². The molecule has 3 aromatic heterocycles. The second-order valence-corrected chi connectivity index (χ2v) is 10.3. The van der Waals surface area contributed by atoms with E-state index in [1.54, 1.807) is 16.9 Å². The number of carbonyl (C=O) groups is 1. The third-order valence-corrected chi connectivity index (χ3v) is 7.50. The Kier molecular flexibility index (Phi) is 7.38. The lowest BCUT2D eigenvalue weighted by atomic mass is 9.93. The Morgan fingerprint density at radius 2 is 1.95 bits per heavy atom. The van der Waals surface area contributed by atoms with E-state index in [4.69, 9.17) is 0 Å². The standard InChI is InChI=1S/C25H34F2N8O2.H2/c1-15(2)33-10-7-16(8-11-33)35-14-19(22(32-35)23(26)27)30-25(37)17-13-28-34-12-9-21(31-24(17)34)29-18-5-3-4-6-20(18)36;/h9,12-16,18,20,23,36H,3-8,10-11H2,1-2H3,(H,29,31)(H,30,37);1H/t18-,20+;/m1./s1. The number of likely N-dealkylation sites (tertiary alicyclic amines) is 1. The first-order valence-corrected chi connectivity index (χ1v) is 13.0. The summed E-state index contributed by atoms with van der Waals surface area (Å²) in [5, 5.41) is 24.5. The van der Waals surface area contributed by atoms with E-state index in [-0.39, 0.29) is 24.8 Å². The van der Waals surface area contributed by atoms with Crippen LogP contribution in [0.5, 0.6) is 0 Å². The first-order chi connectivity index (χ1) is 17.8. The maximum atomic E-state index is 13.8. The van der Waals surface area contributed by atoms with Gasteiger partial charge in [-0.2, -0.15) is 10.2 Å². The lowest BCUT2D eigenvalue weighted by Crippen LogP contribution is -2.39. The summed E-state index contributed by atoms with van der Waals surface area (Å²) in [5.74, 6) is -0.0738. The summed E-state index contributed by atoms with van der Waals surface area (Å²) in [6.07, 6.45) is 6.45. The zero-order chi connectivity index (χ0) is 26.1. The molecule has 0 aromatic carbocycles. The summed E-state index contributed by atoms with van der Waals surface area (Å²) in [6, 6.07) is 2.05. The molecule has 3 aromatic rings. The predicted molar refractivity (Wildman–Crippen MR) is 137 cm³/mol. The summed E-state index contributed by atoms with van der Waals surface area (Å²) in [5.41, 5.74) is -0.00569. The molecule has 3 N–H and O–H groups in total. The van der Waals surface area contributed by atoms with Crippen LogP contribution in [-0.4, -0.2) is 71.6 Å². The highest BCUT2D eigenvalue weighted by Gasteiger charge is 2.28. The number of nitrogens with zero attached hydrogens (tertiary/aromatic N) is 6. The molecule has 5 rings (SSSR count). The first kappa shape index (κ1) is 25.5. The van der Waals surface area contributed by atoms with Crippen molar-refractivity contribution in [2.24, 2.45) is 0 Å². The Bertz CT molecular complexity index is 1240. The molecule has 1 amide bonds. The van der Waals surface area contributed by atoms with Crippen molar-refractivity contribution in [2.45, 2.75) is 83.0 Å². The van der Waals surface area contributed by atoms with Gasteiger partial charge < -0.3 is 20.6 Å². The minimum absolute atomic E-state index is 0. The van der Waals surface area contributed by atoms with Crippen LogP contribution >= 0.6 is 0 Å². The molecule has 10 nitrogen and oxygen atoms in total. The molecule has 2 aliphatic rings. The highest BCUT2D eigenvalue weighted by atomic mass is 19.3. The van der Waals surface area contributed by atoms with Crippen LogP contribution in [0.2, 0.25) is 0 Å². The van der Waals surface area contributed by atoms with Crippen molar-refractivity contribution in [3.63, 3.8) is 0 Å². The largest absolute Gasteiger partial charge is 0.391 e. The predicted octanol–water partition coefficient (Wildman–Crippen LogP) is 4.12. The Hall–Kier alpha value is -3.12. The number of nitrogens with one attached hydrogen (secondary N) is 2. The van der Waals surface area contributed by atoms with Crippen molar-refractivity contribution in [1.82, 2.24) is 29.3 Å². The van der Waals surface area contributed by atoms with Gasteiger partial charge in [0.2, 0.25) is 0 Å². The van der Waals surface area contributed by atoms with Gasteiger partial charge in [-0.3, -0.25) is 9.48 Å². The molecule has 202 valence electrons. The number of piperidine rings is 1. The van der Waals surface area contributed by atoms with Crippen LogP contribution in [0.25, 0.3) is 5.65 Å². The SMILES string of the molecule is CC(C)N1CCC(n2cc(NC(=O)c3cnn4ccc(N[C@@H]5CCCC[C@@H]5O)nc34)c(C(F)F)n2)CC1.[HH]. The van der Waals surface area contributed by atoms with E-state index >= 15 is 0 Å². The topological polar surface area (TPSA) is 113 Å². The summed E-state index contributed by atoms with van der Waals surface area (Å²) in [4.78, 5) is 20.0. The molecule has 1 aliphatic carbocycles. The lowest BCUT2D eigenvalue weighted by Gasteiger charge is -2.34. The molecule has 0 bridgehead atoms. The minimum Gasteiger partial charge on any atom is -0.391 e. The van der Waals surface area contributed by atoms with E-state index < -0.39 is 24.1 Å². The number of halogens is 2. The third kappa shape index (κ3) is 5.45. The van der Waals surface area contributed by atoms with Crippen molar-refractivity contribution >= 4 is 23.1 Å². The van der Waals surface area contributed by atoms with E-state index in [1.807, 2.05) is 0 Å². The van der Waals surface area contributed by atoms with E-state index in [2.05, 4.69) is 44.6 Å². The normalized spacial score (nSPS) is 21.7. The average molecular weight is 519 g/mol. The fraction of sp³-hybridized carbons (Fsp3) is 0.600. The van der Waals surface area contributed by atoms with Crippen LogP contribution in [0.15, 0.2) is 24.7 Å². The van der Waals surface area contributed by atoms with Gasteiger partial charge in [0.1, 0.15) is 11.4 Å². The van der Waals surface area contributed by atoms with E-state index in [0.717, 1.165) is 51.6 Å². The fourth-order valence-electron chi connectivity index (χ4n) is 5.29. The quantitative estimate of drug-likeness (QED) is 0.431. The van der Waals surface area contributed by atoms with E-state index in [1.165, 1.54) is 16.9 Å². The summed E-state index contributed by atoms with van der Waals surface area (Å²) in [7, 11) is 0. The second kappa shape index (κ2) is 10.7. The molecular weight excluding hydrogens is 482 g/mol. The van der Waals surface area contributed by atoms with Crippen molar-refractivity contribution < 1.29 is 20.1 Å². The molecule has 12 heteroatoms. The molecule has 2 fully saturated rings. The number of rotatable bonds is 7. The third-order valence-electron chi connectivity index (χ3n) is 7.50. The average Bonchev–Trinajstić information content (AvgIpc) is 3.50. The maximum absolute atomic E-state index is 13.8. The van der Waals surface area contributed by atoms with Gasteiger partial charge in [-0.05, 0) is 45.6 Å². The molecular formula is C25H36F2N8O2. The number of fused-ring (bicyclic) bond motifs is 1. The smallest absolute Gasteiger partial charge is 0.284 e. The van der Waals surface area contributed by atoms with Crippen molar-refractivity contribution in [3.8, 4) is 0 Å². The Morgan fingerprint density at radius 3 is 2.65 bits per heavy atom. The Morgan fingerprint density at radius 1 is 1.19 bits per heavy atom. The Labute approximate surface area is 215 Å². The molecule has 37 heavy (non-hydrogen) atoms.